The number of rotatable bonds is 3. The minimum Gasteiger partial charge on any atom is -0.386 e. The third kappa shape index (κ3) is 2.31. The first-order valence-corrected chi connectivity index (χ1v) is 3.34. The molecule has 0 spiro atoms. The van der Waals surface area contributed by atoms with Crippen molar-refractivity contribution in [1.29, 1.82) is 0 Å². The first kappa shape index (κ1) is 8.20. The minimum atomic E-state index is -0.749. The molecule has 0 radical (unpaired) electrons. The lowest BCUT2D eigenvalue weighted by Crippen LogP contribution is -2.04. The average Bonchev–Trinajstić information content (AvgIpc) is 2.07. The molecule has 2 N–H and O–H groups in total. The summed E-state index contributed by atoms with van der Waals surface area (Å²) in [5.41, 5.74) is 0.738. The first-order chi connectivity index (χ1) is 5.34. The second-order valence-electron chi connectivity index (χ2n) is 2.22. The van der Waals surface area contributed by atoms with Gasteiger partial charge in [0.2, 0.25) is 0 Å². The van der Waals surface area contributed by atoms with E-state index in [1.807, 2.05) is 18.2 Å². The summed E-state index contributed by atoms with van der Waals surface area (Å²) in [6.45, 7) is -0.0932. The minimum absolute atomic E-state index is 0.0932. The summed E-state index contributed by atoms with van der Waals surface area (Å²) in [6, 6.07) is 9.02. The van der Waals surface area contributed by atoms with Gasteiger partial charge in [0.05, 0.1) is 0 Å². The van der Waals surface area contributed by atoms with E-state index >= 15 is 0 Å². The fraction of sp³-hybridized carbons (Fsp3) is 0.250. The van der Waals surface area contributed by atoms with Gasteiger partial charge < -0.3 is 5.11 Å². The smallest absolute Gasteiger partial charge is 0.112 e. The van der Waals surface area contributed by atoms with E-state index in [-0.39, 0.29) is 6.61 Å². The zero-order valence-corrected chi connectivity index (χ0v) is 5.97. The molecule has 1 aromatic carbocycles. The Kier molecular flexibility index (Phi) is 3.04. The lowest BCUT2D eigenvalue weighted by molar-refractivity contribution is -0.257. The maximum absolute atomic E-state index is 9.24. The normalized spacial score (nSPS) is 12.9. The van der Waals surface area contributed by atoms with Gasteiger partial charge in [0.25, 0.3) is 0 Å². The van der Waals surface area contributed by atoms with Crippen LogP contribution in [0.4, 0.5) is 0 Å². The monoisotopic (exact) mass is 154 g/mol. The van der Waals surface area contributed by atoms with Gasteiger partial charge in [-0.1, -0.05) is 30.3 Å². The van der Waals surface area contributed by atoms with Gasteiger partial charge >= 0.3 is 0 Å². The summed E-state index contributed by atoms with van der Waals surface area (Å²) in [6.07, 6.45) is -0.749. The molecule has 0 saturated heterocycles. The highest BCUT2D eigenvalue weighted by Gasteiger charge is 2.05. The van der Waals surface area contributed by atoms with Crippen LogP contribution in [-0.4, -0.2) is 17.0 Å². The first-order valence-electron chi connectivity index (χ1n) is 3.34. The summed E-state index contributed by atoms with van der Waals surface area (Å²) in [4.78, 5) is 3.81. The zero-order chi connectivity index (χ0) is 8.10. The highest BCUT2D eigenvalue weighted by molar-refractivity contribution is 5.17. The SMILES string of the molecule is OOC[C@@H](O)c1ccccc1. The van der Waals surface area contributed by atoms with Crippen molar-refractivity contribution in [2.45, 2.75) is 6.10 Å². The number of aliphatic hydroxyl groups is 1. The van der Waals surface area contributed by atoms with Crippen molar-refractivity contribution in [3.8, 4) is 0 Å². The van der Waals surface area contributed by atoms with Gasteiger partial charge in [0.1, 0.15) is 12.7 Å². The van der Waals surface area contributed by atoms with Crippen molar-refractivity contribution >= 4 is 0 Å². The molecule has 11 heavy (non-hydrogen) atoms. The summed E-state index contributed by atoms with van der Waals surface area (Å²) < 4.78 is 0. The van der Waals surface area contributed by atoms with E-state index in [0.29, 0.717) is 0 Å². The molecule has 0 bridgehead atoms. The van der Waals surface area contributed by atoms with Crippen molar-refractivity contribution in [3.63, 3.8) is 0 Å². The predicted molar refractivity (Wildman–Crippen MR) is 40.0 cm³/mol. The third-order valence-electron chi connectivity index (χ3n) is 1.42. The summed E-state index contributed by atoms with van der Waals surface area (Å²) in [5.74, 6) is 0. The van der Waals surface area contributed by atoms with E-state index in [9.17, 15) is 5.11 Å². The number of benzene rings is 1. The molecule has 0 aliphatic rings. The van der Waals surface area contributed by atoms with E-state index in [1.165, 1.54) is 0 Å². The van der Waals surface area contributed by atoms with Crippen LogP contribution < -0.4 is 0 Å². The van der Waals surface area contributed by atoms with Crippen molar-refractivity contribution < 1.29 is 15.3 Å². The Labute approximate surface area is 64.8 Å². The van der Waals surface area contributed by atoms with Gasteiger partial charge in [0.15, 0.2) is 0 Å². The standard InChI is InChI=1S/C8H10O3/c9-8(6-11-10)7-4-2-1-3-5-7/h1-5,8-10H,6H2/t8-/m1/s1. The molecule has 3 heteroatoms. The summed E-state index contributed by atoms with van der Waals surface area (Å²) in [7, 11) is 0. The molecule has 1 aromatic rings. The summed E-state index contributed by atoms with van der Waals surface area (Å²) in [5, 5.41) is 17.3. The van der Waals surface area contributed by atoms with Crippen molar-refractivity contribution in [1.82, 2.24) is 0 Å². The van der Waals surface area contributed by atoms with Crippen LogP contribution in [0.1, 0.15) is 11.7 Å². The second-order valence-corrected chi connectivity index (χ2v) is 2.22. The van der Waals surface area contributed by atoms with Crippen LogP contribution in [0, 0.1) is 0 Å². The molecule has 0 saturated carbocycles. The van der Waals surface area contributed by atoms with E-state index in [0.717, 1.165) is 5.56 Å². The molecule has 1 rings (SSSR count). The number of hydrogen-bond donors (Lipinski definition) is 2. The lowest BCUT2D eigenvalue weighted by Gasteiger charge is -2.06. The number of hydrogen-bond acceptors (Lipinski definition) is 3. The van der Waals surface area contributed by atoms with Crippen molar-refractivity contribution in [3.05, 3.63) is 35.9 Å². The van der Waals surface area contributed by atoms with Crippen LogP contribution in [0.3, 0.4) is 0 Å². The molecule has 0 aromatic heterocycles. The van der Waals surface area contributed by atoms with Crippen LogP contribution in [0.15, 0.2) is 30.3 Å². The largest absolute Gasteiger partial charge is 0.386 e. The van der Waals surface area contributed by atoms with Gasteiger partial charge in [-0.2, -0.15) is 0 Å². The molecule has 1 atom stereocenters. The van der Waals surface area contributed by atoms with Crippen LogP contribution >= 0.6 is 0 Å². The molecular formula is C8H10O3. The molecule has 60 valence electrons. The third-order valence-corrected chi connectivity index (χ3v) is 1.42. The molecule has 0 unspecified atom stereocenters. The molecule has 0 aliphatic heterocycles. The van der Waals surface area contributed by atoms with Gasteiger partial charge in [-0.3, -0.25) is 5.26 Å². The van der Waals surface area contributed by atoms with Crippen LogP contribution in [0.2, 0.25) is 0 Å². The van der Waals surface area contributed by atoms with Gasteiger partial charge in [-0.15, -0.1) is 0 Å². The lowest BCUT2D eigenvalue weighted by atomic mass is 10.1. The molecule has 0 fully saturated rings. The fourth-order valence-corrected chi connectivity index (χ4v) is 0.842. The van der Waals surface area contributed by atoms with Gasteiger partial charge in [0, 0.05) is 0 Å². The van der Waals surface area contributed by atoms with Crippen LogP contribution in [-0.2, 0) is 4.89 Å². The molecule has 0 aliphatic carbocycles. The van der Waals surface area contributed by atoms with Crippen molar-refractivity contribution in [2.24, 2.45) is 0 Å². The molecule has 0 heterocycles. The quantitative estimate of drug-likeness (QED) is 0.508. The van der Waals surface area contributed by atoms with E-state index in [1.54, 1.807) is 12.1 Å². The molecular weight excluding hydrogens is 144 g/mol. The zero-order valence-electron chi connectivity index (χ0n) is 5.97. The van der Waals surface area contributed by atoms with E-state index in [2.05, 4.69) is 4.89 Å². The maximum atomic E-state index is 9.24. The highest BCUT2D eigenvalue weighted by atomic mass is 17.1. The maximum Gasteiger partial charge on any atom is 0.112 e. The Hall–Kier alpha value is -0.900. The molecule has 3 nitrogen and oxygen atoms in total. The topological polar surface area (TPSA) is 49.7 Å². The Morgan fingerprint density at radius 1 is 1.27 bits per heavy atom. The Morgan fingerprint density at radius 2 is 1.91 bits per heavy atom. The Balaban J connectivity index is 2.61. The van der Waals surface area contributed by atoms with Crippen LogP contribution in [0.5, 0.6) is 0 Å². The fourth-order valence-electron chi connectivity index (χ4n) is 0.842. The number of aliphatic hydroxyl groups excluding tert-OH is 1. The summed E-state index contributed by atoms with van der Waals surface area (Å²) >= 11 is 0. The predicted octanol–water partition coefficient (Wildman–Crippen LogP) is 1.21. The van der Waals surface area contributed by atoms with Crippen LogP contribution in [0.25, 0.3) is 0 Å². The average molecular weight is 154 g/mol. The second kappa shape index (κ2) is 4.08. The van der Waals surface area contributed by atoms with Gasteiger partial charge in [-0.05, 0) is 5.56 Å². The van der Waals surface area contributed by atoms with E-state index in [4.69, 9.17) is 5.26 Å². The van der Waals surface area contributed by atoms with Crippen molar-refractivity contribution in [2.75, 3.05) is 6.61 Å². The van der Waals surface area contributed by atoms with E-state index < -0.39 is 6.10 Å². The molecule has 0 amide bonds. The Morgan fingerprint density at radius 3 is 2.45 bits per heavy atom. The van der Waals surface area contributed by atoms with Gasteiger partial charge in [-0.25, -0.2) is 4.89 Å². The highest BCUT2D eigenvalue weighted by Crippen LogP contribution is 2.10. The Bertz CT molecular complexity index is 198.